The summed E-state index contributed by atoms with van der Waals surface area (Å²) in [6.07, 6.45) is 0. The van der Waals surface area contributed by atoms with Crippen molar-refractivity contribution in [2.45, 2.75) is 6.92 Å². The Labute approximate surface area is 109 Å². The van der Waals surface area contributed by atoms with Gasteiger partial charge in [-0.15, -0.1) is 0 Å². The largest absolute Gasteiger partial charge is 0.489 e. The molecule has 100 valence electrons. The molecule has 0 aromatic heterocycles. The average Bonchev–Trinajstić information content (AvgIpc) is 2.41. The first-order chi connectivity index (χ1) is 8.81. The van der Waals surface area contributed by atoms with E-state index in [1.54, 1.807) is 7.11 Å². The number of hydrogen-bond acceptors (Lipinski definition) is 4. The minimum Gasteiger partial charge on any atom is -0.489 e. The molecule has 18 heavy (non-hydrogen) atoms. The first-order valence-corrected chi connectivity index (χ1v) is 6.49. The lowest BCUT2D eigenvalue weighted by Crippen LogP contribution is -2.43. The molecule has 0 amide bonds. The predicted octanol–water partition coefficient (Wildman–Crippen LogP) is 1.43. The Kier molecular flexibility index (Phi) is 4.84. The summed E-state index contributed by atoms with van der Waals surface area (Å²) in [5.74, 6) is 0.958. The van der Waals surface area contributed by atoms with E-state index in [0.29, 0.717) is 13.2 Å². The van der Waals surface area contributed by atoms with Gasteiger partial charge in [-0.1, -0.05) is 6.07 Å². The number of benzene rings is 1. The highest BCUT2D eigenvalue weighted by atomic mass is 16.5. The molecule has 0 saturated carbocycles. The number of nitrogens with one attached hydrogen (secondary N) is 1. The molecule has 1 saturated heterocycles. The van der Waals surface area contributed by atoms with Gasteiger partial charge in [-0.25, -0.2) is 0 Å². The van der Waals surface area contributed by atoms with Crippen LogP contribution in [0.5, 0.6) is 5.75 Å². The molecule has 4 heteroatoms. The van der Waals surface area contributed by atoms with Crippen LogP contribution in [0.1, 0.15) is 5.56 Å². The Morgan fingerprint density at radius 2 is 2.00 bits per heavy atom. The molecule has 1 aliphatic heterocycles. The molecule has 0 atom stereocenters. The second kappa shape index (κ2) is 6.61. The fraction of sp³-hybridized carbons (Fsp3) is 0.571. The highest BCUT2D eigenvalue weighted by Gasteiger charge is 2.15. The summed E-state index contributed by atoms with van der Waals surface area (Å²) in [6.45, 7) is 7.46. The maximum absolute atomic E-state index is 5.80. The van der Waals surface area contributed by atoms with Crippen molar-refractivity contribution >= 4 is 5.69 Å². The molecule has 1 fully saturated rings. The zero-order chi connectivity index (χ0) is 12.8. The summed E-state index contributed by atoms with van der Waals surface area (Å²) in [4.78, 5) is 2.38. The van der Waals surface area contributed by atoms with Gasteiger partial charge in [0, 0.05) is 33.3 Å². The molecule has 1 heterocycles. The van der Waals surface area contributed by atoms with E-state index in [1.165, 1.54) is 11.3 Å². The summed E-state index contributed by atoms with van der Waals surface area (Å²) in [5, 5.41) is 3.37. The number of nitrogens with zero attached hydrogens (tertiary/aromatic N) is 1. The van der Waals surface area contributed by atoms with E-state index < -0.39 is 0 Å². The Hall–Kier alpha value is -1.26. The molecule has 2 rings (SSSR count). The van der Waals surface area contributed by atoms with Gasteiger partial charge >= 0.3 is 0 Å². The second-order valence-corrected chi connectivity index (χ2v) is 4.55. The van der Waals surface area contributed by atoms with E-state index in [9.17, 15) is 0 Å². The van der Waals surface area contributed by atoms with Gasteiger partial charge in [0.2, 0.25) is 0 Å². The molecule has 1 aromatic carbocycles. The van der Waals surface area contributed by atoms with E-state index in [0.717, 1.165) is 31.9 Å². The molecule has 1 aromatic rings. The van der Waals surface area contributed by atoms with Gasteiger partial charge in [0.05, 0.1) is 12.3 Å². The number of rotatable bonds is 5. The van der Waals surface area contributed by atoms with Crippen LogP contribution in [0.4, 0.5) is 5.69 Å². The summed E-state index contributed by atoms with van der Waals surface area (Å²) in [6, 6.07) is 6.35. The fourth-order valence-electron chi connectivity index (χ4n) is 2.14. The SMILES string of the molecule is COCCOc1ccc(C)cc1N1CCNCC1. The van der Waals surface area contributed by atoms with Crippen LogP contribution in [0, 0.1) is 6.92 Å². The van der Waals surface area contributed by atoms with Crippen molar-refractivity contribution in [1.29, 1.82) is 0 Å². The second-order valence-electron chi connectivity index (χ2n) is 4.55. The smallest absolute Gasteiger partial charge is 0.142 e. The van der Waals surface area contributed by atoms with Crippen molar-refractivity contribution in [1.82, 2.24) is 5.32 Å². The van der Waals surface area contributed by atoms with Gasteiger partial charge in [-0.2, -0.15) is 0 Å². The van der Waals surface area contributed by atoms with E-state index in [2.05, 4.69) is 35.3 Å². The number of ether oxygens (including phenoxy) is 2. The molecular formula is C14H22N2O2. The highest BCUT2D eigenvalue weighted by Crippen LogP contribution is 2.29. The first-order valence-electron chi connectivity index (χ1n) is 6.49. The van der Waals surface area contributed by atoms with Gasteiger partial charge in [0.25, 0.3) is 0 Å². The summed E-state index contributed by atoms with van der Waals surface area (Å²) in [7, 11) is 1.69. The minimum absolute atomic E-state index is 0.596. The van der Waals surface area contributed by atoms with E-state index >= 15 is 0 Å². The third-order valence-electron chi connectivity index (χ3n) is 3.12. The first kappa shape index (κ1) is 13.2. The Bertz CT molecular complexity index is 376. The molecular weight excluding hydrogens is 228 g/mol. The predicted molar refractivity (Wildman–Crippen MR) is 73.6 cm³/mol. The molecule has 0 aliphatic carbocycles. The van der Waals surface area contributed by atoms with Crippen LogP contribution in [0.15, 0.2) is 18.2 Å². The molecule has 1 N–H and O–H groups in total. The normalized spacial score (nSPS) is 15.8. The number of methoxy groups -OCH3 is 1. The minimum atomic E-state index is 0.596. The molecule has 0 bridgehead atoms. The van der Waals surface area contributed by atoms with Crippen molar-refractivity contribution in [3.63, 3.8) is 0 Å². The van der Waals surface area contributed by atoms with Gasteiger partial charge in [0.15, 0.2) is 0 Å². The van der Waals surface area contributed by atoms with Crippen LogP contribution in [-0.4, -0.2) is 46.5 Å². The van der Waals surface area contributed by atoms with Crippen molar-refractivity contribution in [3.8, 4) is 5.75 Å². The molecule has 4 nitrogen and oxygen atoms in total. The van der Waals surface area contributed by atoms with Crippen LogP contribution in [0.2, 0.25) is 0 Å². The van der Waals surface area contributed by atoms with E-state index in [1.807, 2.05) is 0 Å². The Morgan fingerprint density at radius 1 is 1.22 bits per heavy atom. The van der Waals surface area contributed by atoms with Gasteiger partial charge < -0.3 is 19.7 Å². The topological polar surface area (TPSA) is 33.7 Å². The summed E-state index contributed by atoms with van der Waals surface area (Å²) >= 11 is 0. The van der Waals surface area contributed by atoms with Crippen molar-refractivity contribution < 1.29 is 9.47 Å². The van der Waals surface area contributed by atoms with Crippen LogP contribution in [0.25, 0.3) is 0 Å². The van der Waals surface area contributed by atoms with Gasteiger partial charge in [0.1, 0.15) is 12.4 Å². The number of piperazine rings is 1. The Morgan fingerprint density at radius 3 is 2.72 bits per heavy atom. The lowest BCUT2D eigenvalue weighted by Gasteiger charge is -2.31. The maximum Gasteiger partial charge on any atom is 0.142 e. The monoisotopic (exact) mass is 250 g/mol. The standard InChI is InChI=1S/C14H22N2O2/c1-12-3-4-14(18-10-9-17-2)13(11-12)16-7-5-15-6-8-16/h3-4,11,15H,5-10H2,1-2H3. The lowest BCUT2D eigenvalue weighted by atomic mass is 10.1. The maximum atomic E-state index is 5.80. The van der Waals surface area contributed by atoms with Gasteiger partial charge in [-0.3, -0.25) is 0 Å². The third kappa shape index (κ3) is 3.37. The van der Waals surface area contributed by atoms with E-state index in [4.69, 9.17) is 9.47 Å². The highest BCUT2D eigenvalue weighted by molar-refractivity contribution is 5.60. The number of hydrogen-bond donors (Lipinski definition) is 1. The van der Waals surface area contributed by atoms with Gasteiger partial charge in [-0.05, 0) is 24.6 Å². The lowest BCUT2D eigenvalue weighted by molar-refractivity contribution is 0.146. The average molecular weight is 250 g/mol. The molecule has 0 unspecified atom stereocenters. The van der Waals surface area contributed by atoms with Crippen LogP contribution < -0.4 is 15.0 Å². The van der Waals surface area contributed by atoms with Crippen molar-refractivity contribution in [2.24, 2.45) is 0 Å². The van der Waals surface area contributed by atoms with Crippen molar-refractivity contribution in [3.05, 3.63) is 23.8 Å². The third-order valence-corrected chi connectivity index (χ3v) is 3.12. The van der Waals surface area contributed by atoms with Crippen LogP contribution in [0.3, 0.4) is 0 Å². The number of anilines is 1. The van der Waals surface area contributed by atoms with Crippen molar-refractivity contribution in [2.75, 3.05) is 51.4 Å². The Balaban J connectivity index is 2.11. The number of aryl methyl sites for hydroxylation is 1. The molecule has 0 spiro atoms. The van der Waals surface area contributed by atoms with Crippen LogP contribution >= 0.6 is 0 Å². The summed E-state index contributed by atoms with van der Waals surface area (Å²) in [5.41, 5.74) is 2.47. The van der Waals surface area contributed by atoms with E-state index in [-0.39, 0.29) is 0 Å². The quantitative estimate of drug-likeness (QED) is 0.802. The molecule has 0 radical (unpaired) electrons. The van der Waals surface area contributed by atoms with Crippen LogP contribution in [-0.2, 0) is 4.74 Å². The zero-order valence-corrected chi connectivity index (χ0v) is 11.2. The molecule has 1 aliphatic rings. The zero-order valence-electron chi connectivity index (χ0n) is 11.2. The summed E-state index contributed by atoms with van der Waals surface area (Å²) < 4.78 is 10.8. The fourth-order valence-corrected chi connectivity index (χ4v) is 2.14.